The Balaban J connectivity index is 2.62. The largest absolute Gasteiger partial charge is 0.309 e. The van der Waals surface area contributed by atoms with Gasteiger partial charge >= 0.3 is 0 Å². The number of hydrogen-bond donors (Lipinski definition) is 0. The molecule has 18 heavy (non-hydrogen) atoms. The fourth-order valence-corrected chi connectivity index (χ4v) is 4.30. The van der Waals surface area contributed by atoms with Crippen molar-refractivity contribution in [3.8, 4) is 0 Å². The summed E-state index contributed by atoms with van der Waals surface area (Å²) in [6, 6.07) is 0.151. The van der Waals surface area contributed by atoms with Gasteiger partial charge in [-0.25, -0.2) is 0 Å². The normalized spacial score (nSPS) is 22.2. The maximum Gasteiger partial charge on any atom is 0.282 e. The van der Waals surface area contributed by atoms with Gasteiger partial charge < -0.3 is 4.90 Å². The van der Waals surface area contributed by atoms with E-state index in [-0.39, 0.29) is 6.04 Å². The highest BCUT2D eigenvalue weighted by Crippen LogP contribution is 2.22. The molecule has 5 nitrogen and oxygen atoms in total. The van der Waals surface area contributed by atoms with Crippen LogP contribution in [0.2, 0.25) is 0 Å². The monoisotopic (exact) mass is 277 g/mol. The van der Waals surface area contributed by atoms with Crippen LogP contribution in [0.5, 0.6) is 0 Å². The van der Waals surface area contributed by atoms with Gasteiger partial charge in [0.25, 0.3) is 10.2 Å². The summed E-state index contributed by atoms with van der Waals surface area (Å²) >= 11 is 0. The molecule has 1 atom stereocenters. The molecule has 1 rings (SSSR count). The van der Waals surface area contributed by atoms with Crippen molar-refractivity contribution in [2.24, 2.45) is 0 Å². The van der Waals surface area contributed by atoms with E-state index in [1.807, 2.05) is 27.9 Å². The highest BCUT2D eigenvalue weighted by molar-refractivity contribution is 7.86. The second-order valence-corrected chi connectivity index (χ2v) is 7.14. The van der Waals surface area contributed by atoms with Crippen molar-refractivity contribution in [1.29, 1.82) is 0 Å². The SMILES string of the molecule is CCN(CCCN(C)C)S(=O)(=O)N1CCC[C@H]1C. The fraction of sp³-hybridized carbons (Fsp3) is 1.00. The van der Waals surface area contributed by atoms with Gasteiger partial charge in [0.05, 0.1) is 0 Å². The molecule has 1 fully saturated rings. The van der Waals surface area contributed by atoms with Crippen molar-refractivity contribution >= 4 is 10.2 Å². The molecule has 0 aromatic heterocycles. The first-order chi connectivity index (χ1) is 8.39. The summed E-state index contributed by atoms with van der Waals surface area (Å²) in [5.41, 5.74) is 0. The van der Waals surface area contributed by atoms with Crippen molar-refractivity contribution < 1.29 is 8.42 Å². The average Bonchev–Trinajstić information content (AvgIpc) is 2.70. The van der Waals surface area contributed by atoms with Gasteiger partial charge in [0.15, 0.2) is 0 Å². The first-order valence-corrected chi connectivity index (χ1v) is 8.21. The number of rotatable bonds is 7. The van der Waals surface area contributed by atoms with Crippen LogP contribution in [-0.4, -0.2) is 68.2 Å². The Morgan fingerprint density at radius 2 is 1.94 bits per heavy atom. The van der Waals surface area contributed by atoms with Crippen molar-refractivity contribution in [3.63, 3.8) is 0 Å². The molecule has 1 aliphatic heterocycles. The lowest BCUT2D eigenvalue weighted by molar-refractivity contribution is 0.319. The lowest BCUT2D eigenvalue weighted by Gasteiger charge is -2.29. The number of nitrogens with zero attached hydrogens (tertiary/aromatic N) is 3. The standard InChI is InChI=1S/C12H27N3O2S/c1-5-14(10-7-9-13(3)4)18(16,17)15-11-6-8-12(15)2/h12H,5-11H2,1-4H3/t12-/m1/s1. The van der Waals surface area contributed by atoms with Crippen LogP contribution in [-0.2, 0) is 10.2 Å². The highest BCUT2D eigenvalue weighted by atomic mass is 32.2. The molecule has 0 bridgehead atoms. The van der Waals surface area contributed by atoms with Crippen LogP contribution < -0.4 is 0 Å². The first kappa shape index (κ1) is 15.9. The summed E-state index contributed by atoms with van der Waals surface area (Å²) in [6.45, 7) is 6.67. The topological polar surface area (TPSA) is 43.9 Å². The third-order valence-electron chi connectivity index (χ3n) is 3.48. The molecular weight excluding hydrogens is 250 g/mol. The quantitative estimate of drug-likeness (QED) is 0.697. The smallest absolute Gasteiger partial charge is 0.282 e. The highest BCUT2D eigenvalue weighted by Gasteiger charge is 2.34. The van der Waals surface area contributed by atoms with Gasteiger partial charge in [-0.15, -0.1) is 0 Å². The van der Waals surface area contributed by atoms with Crippen LogP contribution in [0, 0.1) is 0 Å². The van der Waals surface area contributed by atoms with E-state index in [1.165, 1.54) is 0 Å². The molecule has 1 aliphatic rings. The summed E-state index contributed by atoms with van der Waals surface area (Å²) in [4.78, 5) is 2.08. The van der Waals surface area contributed by atoms with Crippen molar-refractivity contribution in [2.75, 3.05) is 40.3 Å². The van der Waals surface area contributed by atoms with Gasteiger partial charge in [0.1, 0.15) is 0 Å². The van der Waals surface area contributed by atoms with Crippen LogP contribution in [0.1, 0.15) is 33.1 Å². The summed E-state index contributed by atoms with van der Waals surface area (Å²) in [5.74, 6) is 0. The first-order valence-electron chi connectivity index (χ1n) is 6.81. The lowest BCUT2D eigenvalue weighted by atomic mass is 10.3. The molecule has 0 saturated carbocycles. The van der Waals surface area contributed by atoms with E-state index in [4.69, 9.17) is 0 Å². The third kappa shape index (κ3) is 3.91. The van der Waals surface area contributed by atoms with Crippen LogP contribution in [0.25, 0.3) is 0 Å². The zero-order valence-electron chi connectivity index (χ0n) is 12.1. The second kappa shape index (κ2) is 6.84. The minimum Gasteiger partial charge on any atom is -0.309 e. The summed E-state index contributed by atoms with van der Waals surface area (Å²) < 4.78 is 28.2. The van der Waals surface area contributed by atoms with Crippen molar-refractivity contribution in [2.45, 2.75) is 39.2 Å². The Morgan fingerprint density at radius 1 is 1.28 bits per heavy atom. The van der Waals surface area contributed by atoms with E-state index in [2.05, 4.69) is 4.90 Å². The fourth-order valence-electron chi connectivity index (χ4n) is 2.40. The molecule has 1 heterocycles. The van der Waals surface area contributed by atoms with Gasteiger partial charge in [-0.2, -0.15) is 17.0 Å². The molecule has 1 saturated heterocycles. The Hall–Kier alpha value is -0.170. The molecule has 0 unspecified atom stereocenters. The van der Waals surface area contributed by atoms with Gasteiger partial charge in [-0.05, 0) is 46.8 Å². The maximum atomic E-state index is 12.5. The average molecular weight is 277 g/mol. The molecule has 0 aromatic carbocycles. The van der Waals surface area contributed by atoms with Gasteiger partial charge in [-0.1, -0.05) is 6.92 Å². The van der Waals surface area contributed by atoms with E-state index < -0.39 is 10.2 Å². The Labute approximate surface area is 112 Å². The molecule has 6 heteroatoms. The molecule has 0 aromatic rings. The molecule has 0 aliphatic carbocycles. The summed E-state index contributed by atoms with van der Waals surface area (Å²) in [6.07, 6.45) is 2.84. The number of hydrogen-bond acceptors (Lipinski definition) is 3. The predicted molar refractivity (Wildman–Crippen MR) is 74.7 cm³/mol. The van der Waals surface area contributed by atoms with Crippen molar-refractivity contribution in [3.05, 3.63) is 0 Å². The third-order valence-corrected chi connectivity index (χ3v) is 5.71. The second-order valence-electron chi connectivity index (χ2n) is 5.26. The molecule has 0 radical (unpaired) electrons. The molecule has 0 N–H and O–H groups in total. The Kier molecular flexibility index (Phi) is 6.04. The lowest BCUT2D eigenvalue weighted by Crippen LogP contribution is -2.45. The van der Waals surface area contributed by atoms with Gasteiger partial charge in [0, 0.05) is 25.7 Å². The van der Waals surface area contributed by atoms with E-state index in [0.717, 1.165) is 25.8 Å². The molecule has 0 amide bonds. The summed E-state index contributed by atoms with van der Waals surface area (Å²) in [7, 11) is 0.765. The van der Waals surface area contributed by atoms with Gasteiger partial charge in [0.2, 0.25) is 0 Å². The van der Waals surface area contributed by atoms with E-state index in [1.54, 1.807) is 8.61 Å². The maximum absolute atomic E-state index is 12.5. The Bertz CT molecular complexity index is 343. The zero-order chi connectivity index (χ0) is 13.8. The predicted octanol–water partition coefficient (Wildman–Crippen LogP) is 0.989. The van der Waals surface area contributed by atoms with Crippen LogP contribution in [0.15, 0.2) is 0 Å². The molecular formula is C12H27N3O2S. The zero-order valence-corrected chi connectivity index (χ0v) is 12.9. The minimum absolute atomic E-state index is 0.151. The van der Waals surface area contributed by atoms with E-state index >= 15 is 0 Å². The van der Waals surface area contributed by atoms with E-state index in [0.29, 0.717) is 19.6 Å². The van der Waals surface area contributed by atoms with Crippen LogP contribution >= 0.6 is 0 Å². The Morgan fingerprint density at radius 3 is 2.39 bits per heavy atom. The van der Waals surface area contributed by atoms with Crippen molar-refractivity contribution in [1.82, 2.24) is 13.5 Å². The van der Waals surface area contributed by atoms with Gasteiger partial charge in [-0.3, -0.25) is 0 Å². The van der Waals surface area contributed by atoms with Crippen LogP contribution in [0.3, 0.4) is 0 Å². The summed E-state index contributed by atoms with van der Waals surface area (Å²) in [5, 5.41) is 0. The van der Waals surface area contributed by atoms with Crippen LogP contribution in [0.4, 0.5) is 0 Å². The minimum atomic E-state index is -3.25. The molecule has 108 valence electrons. The van der Waals surface area contributed by atoms with E-state index in [9.17, 15) is 8.42 Å². The molecule has 0 spiro atoms.